The number of carbonyl (C=O) groups excluding carboxylic acids is 1. The summed E-state index contributed by atoms with van der Waals surface area (Å²) >= 11 is 0. The number of carbonyl (C=O) groups is 2. The van der Waals surface area contributed by atoms with E-state index in [1.165, 1.54) is 18.2 Å². The average Bonchev–Trinajstić information content (AvgIpc) is 2.99. The van der Waals surface area contributed by atoms with Gasteiger partial charge in [-0.05, 0) is 36.6 Å². The Morgan fingerprint density at radius 2 is 2.05 bits per heavy atom. The van der Waals surface area contributed by atoms with Gasteiger partial charge in [-0.3, -0.25) is 9.59 Å². The third-order valence-corrected chi connectivity index (χ3v) is 4.61. The van der Waals surface area contributed by atoms with Crippen LogP contribution in [-0.4, -0.2) is 39.3 Å². The van der Waals surface area contributed by atoms with Crippen LogP contribution in [0.5, 0.6) is 11.5 Å². The van der Waals surface area contributed by atoms with E-state index >= 15 is 0 Å². The van der Waals surface area contributed by atoms with Crippen LogP contribution in [0.15, 0.2) is 30.4 Å². The van der Waals surface area contributed by atoms with Gasteiger partial charge in [0.1, 0.15) is 17.4 Å². The van der Waals surface area contributed by atoms with Gasteiger partial charge in [-0.1, -0.05) is 6.58 Å². The van der Waals surface area contributed by atoms with Gasteiger partial charge in [0.05, 0.1) is 12.2 Å². The highest BCUT2D eigenvalue weighted by Crippen LogP contribution is 2.53. The smallest absolute Gasteiger partial charge is 0.311 e. The molecule has 2 aliphatic rings. The lowest BCUT2D eigenvalue weighted by Crippen LogP contribution is -2.52. The number of carboxylic acids is 1. The third-order valence-electron chi connectivity index (χ3n) is 4.61. The minimum Gasteiger partial charge on any atom is -0.508 e. The summed E-state index contributed by atoms with van der Waals surface area (Å²) in [4.78, 5) is 24.5. The van der Waals surface area contributed by atoms with Crippen LogP contribution in [0.4, 0.5) is 0 Å². The first-order chi connectivity index (χ1) is 10.4. The SMILES string of the molecule is C=C(CO)C1CC[C@@H](C(=O)O)[C@]12Oc1ccc(O)cc1C2=O. The number of hydrogen-bond donors (Lipinski definition) is 3. The second-order valence-corrected chi connectivity index (χ2v) is 5.74. The van der Waals surface area contributed by atoms with Crippen molar-refractivity contribution in [2.75, 3.05) is 6.61 Å². The molecule has 1 aromatic rings. The molecule has 0 aromatic heterocycles. The Morgan fingerprint density at radius 1 is 1.36 bits per heavy atom. The quantitative estimate of drug-likeness (QED) is 0.729. The molecule has 3 N–H and O–H groups in total. The van der Waals surface area contributed by atoms with E-state index in [4.69, 9.17) is 4.74 Å². The van der Waals surface area contributed by atoms with E-state index in [0.717, 1.165) is 0 Å². The van der Waals surface area contributed by atoms with Crippen LogP contribution in [0.2, 0.25) is 0 Å². The molecule has 0 radical (unpaired) electrons. The molecule has 0 saturated heterocycles. The summed E-state index contributed by atoms with van der Waals surface area (Å²) in [5.41, 5.74) is -1.03. The molecule has 3 rings (SSSR count). The van der Waals surface area contributed by atoms with Gasteiger partial charge < -0.3 is 20.1 Å². The zero-order chi connectivity index (χ0) is 16.1. The van der Waals surface area contributed by atoms with Crippen LogP contribution in [-0.2, 0) is 4.79 Å². The predicted octanol–water partition coefficient (Wildman–Crippen LogP) is 1.37. The number of phenolic OH excluding ortho intramolecular Hbond substituents is 1. The van der Waals surface area contributed by atoms with E-state index in [2.05, 4.69) is 6.58 Å². The minimum absolute atomic E-state index is 0.0878. The average molecular weight is 304 g/mol. The molecule has 6 heteroatoms. The molecule has 1 heterocycles. The van der Waals surface area contributed by atoms with Gasteiger partial charge in [0, 0.05) is 5.92 Å². The second-order valence-electron chi connectivity index (χ2n) is 5.74. The Morgan fingerprint density at radius 3 is 2.68 bits per heavy atom. The summed E-state index contributed by atoms with van der Waals surface area (Å²) < 4.78 is 5.82. The molecule has 1 fully saturated rings. The summed E-state index contributed by atoms with van der Waals surface area (Å²) in [5, 5.41) is 28.4. The maximum absolute atomic E-state index is 12.9. The zero-order valence-electron chi connectivity index (χ0n) is 11.8. The van der Waals surface area contributed by atoms with Gasteiger partial charge in [-0.25, -0.2) is 0 Å². The number of aliphatic hydroxyl groups excluding tert-OH is 1. The Kier molecular flexibility index (Phi) is 3.21. The normalized spacial score (nSPS) is 29.4. The molecular weight excluding hydrogens is 288 g/mol. The highest BCUT2D eigenvalue weighted by molar-refractivity contribution is 6.10. The van der Waals surface area contributed by atoms with Crippen LogP contribution in [0.25, 0.3) is 0 Å². The predicted molar refractivity (Wildman–Crippen MR) is 75.9 cm³/mol. The van der Waals surface area contributed by atoms with Gasteiger partial charge in [0.25, 0.3) is 0 Å². The number of hydrogen-bond acceptors (Lipinski definition) is 5. The Bertz CT molecular complexity index is 679. The zero-order valence-corrected chi connectivity index (χ0v) is 11.8. The third kappa shape index (κ3) is 1.77. The molecule has 0 bridgehead atoms. The number of benzene rings is 1. The van der Waals surface area contributed by atoms with E-state index < -0.39 is 29.2 Å². The molecule has 1 aliphatic heterocycles. The summed E-state index contributed by atoms with van der Waals surface area (Å²) in [7, 11) is 0. The van der Waals surface area contributed by atoms with Gasteiger partial charge in [-0.2, -0.15) is 0 Å². The molecule has 0 amide bonds. The lowest BCUT2D eigenvalue weighted by atomic mass is 9.76. The number of ketones is 1. The van der Waals surface area contributed by atoms with E-state index in [9.17, 15) is 24.9 Å². The number of Topliss-reactive ketones (excluding diaryl/α,β-unsaturated/α-hetero) is 1. The van der Waals surface area contributed by atoms with E-state index in [1.807, 2.05) is 0 Å². The largest absolute Gasteiger partial charge is 0.508 e. The highest BCUT2D eigenvalue weighted by Gasteiger charge is 2.64. The van der Waals surface area contributed by atoms with E-state index in [1.54, 1.807) is 0 Å². The highest BCUT2D eigenvalue weighted by atomic mass is 16.5. The van der Waals surface area contributed by atoms with Crippen molar-refractivity contribution in [1.29, 1.82) is 0 Å². The Balaban J connectivity index is 2.14. The number of fused-ring (bicyclic) bond motifs is 1. The fourth-order valence-electron chi connectivity index (χ4n) is 3.61. The van der Waals surface area contributed by atoms with Crippen molar-refractivity contribution in [3.8, 4) is 11.5 Å². The fraction of sp³-hybridized carbons (Fsp3) is 0.375. The van der Waals surface area contributed by atoms with Crippen LogP contribution >= 0.6 is 0 Å². The van der Waals surface area contributed by atoms with Crippen LogP contribution in [0, 0.1) is 11.8 Å². The standard InChI is InChI=1S/C16H16O6/c1-8(7-17)11-3-4-12(15(20)21)16(11)14(19)10-6-9(18)2-5-13(10)22-16/h2,5-6,11-12,17-18H,1,3-4,7H2,(H,20,21)/t11?,12-,16+/m0/s1. The number of aromatic hydroxyl groups is 1. The van der Waals surface area contributed by atoms with E-state index in [0.29, 0.717) is 12.0 Å². The summed E-state index contributed by atoms with van der Waals surface area (Å²) in [6.45, 7) is 3.42. The van der Waals surface area contributed by atoms with Gasteiger partial charge in [0.2, 0.25) is 5.78 Å². The Labute approximate surface area is 126 Å². The maximum Gasteiger partial charge on any atom is 0.311 e. The van der Waals surface area contributed by atoms with Crippen molar-refractivity contribution in [3.05, 3.63) is 35.9 Å². The van der Waals surface area contributed by atoms with Gasteiger partial charge in [-0.15, -0.1) is 0 Å². The molecule has 1 unspecified atom stereocenters. The first-order valence-corrected chi connectivity index (χ1v) is 7.00. The van der Waals surface area contributed by atoms with Crippen LogP contribution in [0.1, 0.15) is 23.2 Å². The summed E-state index contributed by atoms with van der Waals surface area (Å²) in [5.74, 6) is -2.99. The molecule has 1 spiro atoms. The summed E-state index contributed by atoms with van der Waals surface area (Å²) in [6.07, 6.45) is 0.673. The monoisotopic (exact) mass is 304 g/mol. The van der Waals surface area contributed by atoms with Gasteiger partial charge in [0.15, 0.2) is 5.60 Å². The topological polar surface area (TPSA) is 104 Å². The molecule has 1 aliphatic carbocycles. The number of rotatable bonds is 3. The number of carboxylic acid groups (broad SMARTS) is 1. The lowest BCUT2D eigenvalue weighted by molar-refractivity contribution is -0.146. The van der Waals surface area contributed by atoms with Crippen molar-refractivity contribution >= 4 is 11.8 Å². The first kappa shape index (κ1) is 14.6. The van der Waals surface area contributed by atoms with Crippen LogP contribution in [0.3, 0.4) is 0 Å². The number of ether oxygens (including phenoxy) is 1. The molecular formula is C16H16O6. The number of aliphatic hydroxyl groups is 1. The van der Waals surface area contributed by atoms with Crippen molar-refractivity contribution in [2.45, 2.75) is 18.4 Å². The number of phenols is 1. The molecule has 1 aromatic carbocycles. The molecule has 6 nitrogen and oxygen atoms in total. The Hall–Kier alpha value is -2.34. The molecule has 116 valence electrons. The van der Waals surface area contributed by atoms with Crippen LogP contribution < -0.4 is 4.74 Å². The first-order valence-electron chi connectivity index (χ1n) is 7.00. The fourth-order valence-corrected chi connectivity index (χ4v) is 3.61. The second kappa shape index (κ2) is 4.84. The lowest BCUT2D eigenvalue weighted by Gasteiger charge is -2.33. The maximum atomic E-state index is 12.9. The van der Waals surface area contributed by atoms with Gasteiger partial charge >= 0.3 is 5.97 Å². The molecule has 22 heavy (non-hydrogen) atoms. The number of aliphatic carboxylic acids is 1. The molecule has 1 saturated carbocycles. The minimum atomic E-state index is -1.58. The van der Waals surface area contributed by atoms with Crippen molar-refractivity contribution < 1.29 is 29.6 Å². The van der Waals surface area contributed by atoms with Crippen molar-refractivity contribution in [1.82, 2.24) is 0 Å². The van der Waals surface area contributed by atoms with Crippen molar-refractivity contribution in [3.63, 3.8) is 0 Å². The van der Waals surface area contributed by atoms with E-state index in [-0.39, 0.29) is 30.1 Å². The summed E-state index contributed by atoms with van der Waals surface area (Å²) in [6, 6.07) is 4.11. The van der Waals surface area contributed by atoms with Crippen molar-refractivity contribution in [2.24, 2.45) is 11.8 Å². The molecule has 3 atom stereocenters.